The quantitative estimate of drug-likeness (QED) is 0.738. The normalized spacial score (nSPS) is 11.8. The summed E-state index contributed by atoms with van der Waals surface area (Å²) in [6.07, 6.45) is 3.72. The highest BCUT2D eigenvalue weighted by Gasteiger charge is 2.17. The molecule has 0 radical (unpaired) electrons. The molecule has 114 valence electrons. The summed E-state index contributed by atoms with van der Waals surface area (Å²) in [6, 6.07) is 3.14. The van der Waals surface area contributed by atoms with Crippen molar-refractivity contribution in [2.75, 3.05) is 0 Å². The third-order valence-corrected chi connectivity index (χ3v) is 6.14. The molecule has 0 aliphatic carbocycles. The van der Waals surface area contributed by atoms with Gasteiger partial charge in [-0.2, -0.15) is 0 Å². The van der Waals surface area contributed by atoms with E-state index in [2.05, 4.69) is 19.2 Å². The highest BCUT2D eigenvalue weighted by molar-refractivity contribution is 8.15. The summed E-state index contributed by atoms with van der Waals surface area (Å²) in [7, 11) is 1.59. The van der Waals surface area contributed by atoms with Crippen molar-refractivity contribution in [2.45, 2.75) is 50.3 Å². The number of amides is 1. The molecule has 1 amide bonds. The number of halogens is 1. The van der Waals surface area contributed by atoms with E-state index in [9.17, 15) is 13.2 Å². The lowest BCUT2D eigenvalue weighted by molar-refractivity contribution is -0.125. The van der Waals surface area contributed by atoms with Crippen LogP contribution in [0.4, 0.5) is 0 Å². The molecule has 0 spiro atoms. The fourth-order valence-electron chi connectivity index (χ4n) is 2.01. The van der Waals surface area contributed by atoms with Crippen LogP contribution in [0.2, 0.25) is 0 Å². The van der Waals surface area contributed by atoms with E-state index in [1.165, 1.54) is 6.07 Å². The van der Waals surface area contributed by atoms with Crippen LogP contribution in [-0.2, 0) is 20.4 Å². The Morgan fingerprint density at radius 1 is 1.30 bits per heavy atom. The molecule has 0 unspecified atom stereocenters. The monoisotopic (exact) mass is 337 g/mol. The summed E-state index contributed by atoms with van der Waals surface area (Å²) in [4.78, 5) is 12.8. The van der Waals surface area contributed by atoms with Gasteiger partial charge in [0.2, 0.25) is 5.91 Å². The van der Waals surface area contributed by atoms with Gasteiger partial charge in [-0.3, -0.25) is 4.79 Å². The first-order valence-corrected chi connectivity index (χ1v) is 9.82. The zero-order valence-corrected chi connectivity index (χ0v) is 14.1. The van der Waals surface area contributed by atoms with Crippen LogP contribution in [0.25, 0.3) is 0 Å². The van der Waals surface area contributed by atoms with E-state index in [-0.39, 0.29) is 16.0 Å². The molecule has 1 aromatic heterocycles. The lowest BCUT2D eigenvalue weighted by Gasteiger charge is -2.14. The Kier molecular flexibility index (Phi) is 6.99. The molecule has 0 bridgehead atoms. The number of thiophene rings is 1. The number of hydrogen-bond acceptors (Lipinski definition) is 4. The molecule has 0 saturated carbocycles. The van der Waals surface area contributed by atoms with Crippen molar-refractivity contribution in [2.24, 2.45) is 5.92 Å². The van der Waals surface area contributed by atoms with Crippen LogP contribution in [-0.4, -0.2) is 14.3 Å². The van der Waals surface area contributed by atoms with Crippen molar-refractivity contribution in [1.29, 1.82) is 0 Å². The van der Waals surface area contributed by atoms with Crippen molar-refractivity contribution < 1.29 is 13.2 Å². The van der Waals surface area contributed by atoms with E-state index in [1.807, 2.05) is 0 Å². The van der Waals surface area contributed by atoms with Gasteiger partial charge in [0.05, 0.1) is 6.54 Å². The Labute approximate surface area is 129 Å². The first-order chi connectivity index (χ1) is 9.38. The number of carbonyl (C=O) groups excluding carboxylic acids is 1. The van der Waals surface area contributed by atoms with Crippen LogP contribution in [0.1, 0.15) is 44.4 Å². The first-order valence-electron chi connectivity index (χ1n) is 6.69. The smallest absolute Gasteiger partial charge is 0.270 e. The largest absolute Gasteiger partial charge is 0.351 e. The maximum atomic E-state index is 12.0. The topological polar surface area (TPSA) is 63.2 Å². The molecule has 1 aromatic rings. The van der Waals surface area contributed by atoms with Gasteiger partial charge in [-0.05, 0) is 25.0 Å². The summed E-state index contributed by atoms with van der Waals surface area (Å²) >= 11 is 1.09. The van der Waals surface area contributed by atoms with E-state index in [1.54, 1.807) is 6.07 Å². The molecule has 1 rings (SSSR count). The second kappa shape index (κ2) is 8.00. The van der Waals surface area contributed by atoms with E-state index >= 15 is 0 Å². The second-order valence-corrected chi connectivity index (χ2v) is 8.61. The van der Waals surface area contributed by atoms with Gasteiger partial charge in [-0.1, -0.05) is 26.7 Å². The standard InChI is InChI=1S/C13H20ClNO3S2/c1-3-5-10(6-4-2)13(16)15-9-11-7-8-12(19-11)20(14,17)18/h7-8,10H,3-6,9H2,1-2H3,(H,15,16). The Hall–Kier alpha value is -0.590. The summed E-state index contributed by atoms with van der Waals surface area (Å²) in [6.45, 7) is 4.47. The molecule has 1 heterocycles. The van der Waals surface area contributed by atoms with Gasteiger partial charge in [-0.25, -0.2) is 8.42 Å². The van der Waals surface area contributed by atoms with Gasteiger partial charge in [-0.15, -0.1) is 11.3 Å². The Morgan fingerprint density at radius 2 is 1.90 bits per heavy atom. The van der Waals surface area contributed by atoms with Crippen LogP contribution < -0.4 is 5.32 Å². The minimum atomic E-state index is -3.68. The molecule has 0 aliphatic heterocycles. The molecule has 0 saturated heterocycles. The molecule has 0 aliphatic rings. The molecule has 0 aromatic carbocycles. The molecule has 1 N–H and O–H groups in total. The van der Waals surface area contributed by atoms with Gasteiger partial charge in [0, 0.05) is 21.5 Å². The molecular formula is C13H20ClNO3S2. The van der Waals surface area contributed by atoms with Crippen molar-refractivity contribution in [3.63, 3.8) is 0 Å². The fraction of sp³-hybridized carbons (Fsp3) is 0.615. The molecule has 0 atom stereocenters. The predicted octanol–water partition coefficient (Wildman–Crippen LogP) is 3.51. The Balaban J connectivity index is 2.57. The third kappa shape index (κ3) is 5.42. The molecule has 7 heteroatoms. The van der Waals surface area contributed by atoms with Gasteiger partial charge >= 0.3 is 0 Å². The number of nitrogens with one attached hydrogen (secondary N) is 1. The average Bonchev–Trinajstić information content (AvgIpc) is 2.84. The lowest BCUT2D eigenvalue weighted by atomic mass is 9.97. The average molecular weight is 338 g/mol. The lowest BCUT2D eigenvalue weighted by Crippen LogP contribution is -2.30. The minimum Gasteiger partial charge on any atom is -0.351 e. The Bertz CT molecular complexity index is 534. The summed E-state index contributed by atoms with van der Waals surface area (Å²) in [5.74, 6) is 0.0820. The van der Waals surface area contributed by atoms with Gasteiger partial charge in [0.25, 0.3) is 9.05 Å². The predicted molar refractivity (Wildman–Crippen MR) is 82.5 cm³/mol. The van der Waals surface area contributed by atoms with Crippen molar-refractivity contribution in [3.8, 4) is 0 Å². The summed E-state index contributed by atoms with van der Waals surface area (Å²) < 4.78 is 22.4. The van der Waals surface area contributed by atoms with E-state index in [4.69, 9.17) is 10.7 Å². The van der Waals surface area contributed by atoms with Gasteiger partial charge in [0.1, 0.15) is 4.21 Å². The third-order valence-electron chi connectivity index (χ3n) is 2.96. The minimum absolute atomic E-state index is 0.0392. The van der Waals surface area contributed by atoms with Crippen LogP contribution in [0.15, 0.2) is 16.3 Å². The number of carbonyl (C=O) groups is 1. The number of rotatable bonds is 8. The van der Waals surface area contributed by atoms with Crippen LogP contribution in [0.5, 0.6) is 0 Å². The van der Waals surface area contributed by atoms with E-state index < -0.39 is 9.05 Å². The number of hydrogen-bond donors (Lipinski definition) is 1. The van der Waals surface area contributed by atoms with Gasteiger partial charge in [0.15, 0.2) is 0 Å². The van der Waals surface area contributed by atoms with Crippen LogP contribution in [0, 0.1) is 5.92 Å². The summed E-state index contributed by atoms with van der Waals surface area (Å²) in [5.41, 5.74) is 0. The van der Waals surface area contributed by atoms with Gasteiger partial charge < -0.3 is 5.32 Å². The van der Waals surface area contributed by atoms with Crippen molar-refractivity contribution in [1.82, 2.24) is 5.32 Å². The van der Waals surface area contributed by atoms with Crippen LogP contribution in [0.3, 0.4) is 0 Å². The van der Waals surface area contributed by atoms with E-state index in [0.29, 0.717) is 6.54 Å². The highest BCUT2D eigenvalue weighted by Crippen LogP contribution is 2.24. The molecule has 0 fully saturated rings. The Morgan fingerprint density at radius 3 is 2.35 bits per heavy atom. The van der Waals surface area contributed by atoms with Crippen molar-refractivity contribution in [3.05, 3.63) is 17.0 Å². The second-order valence-electron chi connectivity index (χ2n) is 4.65. The van der Waals surface area contributed by atoms with E-state index in [0.717, 1.165) is 41.9 Å². The highest BCUT2D eigenvalue weighted by atomic mass is 35.7. The SMILES string of the molecule is CCCC(CCC)C(=O)NCc1ccc(S(=O)(=O)Cl)s1. The zero-order chi connectivity index (χ0) is 15.2. The maximum Gasteiger partial charge on any atom is 0.270 e. The van der Waals surface area contributed by atoms with Crippen LogP contribution >= 0.6 is 22.0 Å². The molecule has 4 nitrogen and oxygen atoms in total. The zero-order valence-electron chi connectivity index (χ0n) is 11.7. The fourth-order valence-corrected chi connectivity index (χ4v) is 4.07. The first kappa shape index (κ1) is 17.5. The summed E-state index contributed by atoms with van der Waals surface area (Å²) in [5, 5.41) is 2.87. The molecular weight excluding hydrogens is 318 g/mol. The van der Waals surface area contributed by atoms with Crippen molar-refractivity contribution >= 4 is 37.0 Å². The molecule has 20 heavy (non-hydrogen) atoms. The maximum absolute atomic E-state index is 12.0.